The second-order valence-corrected chi connectivity index (χ2v) is 7.14. The second kappa shape index (κ2) is 7.42. The Labute approximate surface area is 141 Å². The molecular formula is C18H23BrN2O. The summed E-state index contributed by atoms with van der Waals surface area (Å²) in [6.45, 7) is 4.71. The van der Waals surface area contributed by atoms with E-state index >= 15 is 0 Å². The zero-order valence-electron chi connectivity index (χ0n) is 12.9. The van der Waals surface area contributed by atoms with Crippen LogP contribution in [0.2, 0.25) is 0 Å². The molecule has 2 heterocycles. The Balaban J connectivity index is 1.58. The fourth-order valence-electron chi connectivity index (χ4n) is 3.39. The lowest BCUT2D eigenvalue weighted by molar-refractivity contribution is 0.104. The smallest absolute Gasteiger partial charge is 0.187 e. The Morgan fingerprint density at radius 1 is 1.14 bits per heavy atom. The van der Waals surface area contributed by atoms with E-state index in [0.717, 1.165) is 23.1 Å². The second-order valence-electron chi connectivity index (χ2n) is 6.23. The lowest BCUT2D eigenvalue weighted by Crippen LogP contribution is -2.36. The molecule has 1 aromatic carbocycles. The predicted molar refractivity (Wildman–Crippen MR) is 93.0 cm³/mol. The van der Waals surface area contributed by atoms with E-state index < -0.39 is 0 Å². The number of likely N-dealkylation sites (tertiary alicyclic amines) is 2. The summed E-state index contributed by atoms with van der Waals surface area (Å²) in [6.07, 6.45) is 8.89. The van der Waals surface area contributed by atoms with E-state index in [1.807, 2.05) is 30.5 Å². The third-order valence-electron chi connectivity index (χ3n) is 4.64. The van der Waals surface area contributed by atoms with E-state index in [4.69, 9.17) is 0 Å². The summed E-state index contributed by atoms with van der Waals surface area (Å²) in [4.78, 5) is 17.1. The van der Waals surface area contributed by atoms with Gasteiger partial charge in [0.1, 0.15) is 0 Å². The summed E-state index contributed by atoms with van der Waals surface area (Å²) in [6, 6.07) is 8.12. The number of hydrogen-bond acceptors (Lipinski definition) is 3. The Morgan fingerprint density at radius 2 is 1.86 bits per heavy atom. The highest BCUT2D eigenvalue weighted by molar-refractivity contribution is 9.10. The van der Waals surface area contributed by atoms with E-state index in [1.165, 1.54) is 38.8 Å². The van der Waals surface area contributed by atoms with Crippen LogP contribution in [0.3, 0.4) is 0 Å². The van der Waals surface area contributed by atoms with Gasteiger partial charge in [-0.05, 0) is 63.0 Å². The summed E-state index contributed by atoms with van der Waals surface area (Å²) < 4.78 is 0.998. The van der Waals surface area contributed by atoms with Crippen molar-refractivity contribution in [1.29, 1.82) is 0 Å². The van der Waals surface area contributed by atoms with Crippen LogP contribution in [0.1, 0.15) is 36.0 Å². The molecule has 3 rings (SSSR count). The molecule has 0 spiro atoms. The minimum Gasteiger partial charge on any atom is -0.373 e. The van der Waals surface area contributed by atoms with Gasteiger partial charge in [0, 0.05) is 41.4 Å². The Hall–Kier alpha value is -1.13. The minimum absolute atomic E-state index is 0.0827. The molecular weight excluding hydrogens is 340 g/mol. The van der Waals surface area contributed by atoms with Crippen molar-refractivity contribution in [2.24, 2.45) is 0 Å². The SMILES string of the molecule is O=C(C=CN1CCC[C@H]1CN1CCCC1)c1ccc(Br)cc1. The average molecular weight is 363 g/mol. The molecule has 1 atom stereocenters. The Bertz CT molecular complexity index is 535. The molecule has 0 N–H and O–H groups in total. The van der Waals surface area contributed by atoms with Crippen LogP contribution in [0.25, 0.3) is 0 Å². The fourth-order valence-corrected chi connectivity index (χ4v) is 3.65. The molecule has 2 aliphatic heterocycles. The molecule has 2 fully saturated rings. The molecule has 2 aliphatic rings. The number of nitrogens with zero attached hydrogens (tertiary/aromatic N) is 2. The van der Waals surface area contributed by atoms with Gasteiger partial charge >= 0.3 is 0 Å². The third-order valence-corrected chi connectivity index (χ3v) is 5.17. The van der Waals surface area contributed by atoms with Crippen molar-refractivity contribution >= 4 is 21.7 Å². The van der Waals surface area contributed by atoms with Crippen LogP contribution in [0.5, 0.6) is 0 Å². The normalized spacial score (nSPS) is 22.8. The van der Waals surface area contributed by atoms with Crippen molar-refractivity contribution in [3.05, 3.63) is 46.6 Å². The Morgan fingerprint density at radius 3 is 2.59 bits per heavy atom. The van der Waals surface area contributed by atoms with Gasteiger partial charge in [0.15, 0.2) is 5.78 Å². The van der Waals surface area contributed by atoms with Gasteiger partial charge in [0.2, 0.25) is 0 Å². The van der Waals surface area contributed by atoms with E-state index in [2.05, 4.69) is 25.7 Å². The highest BCUT2D eigenvalue weighted by Gasteiger charge is 2.25. The summed E-state index contributed by atoms with van der Waals surface area (Å²) in [5.41, 5.74) is 0.745. The van der Waals surface area contributed by atoms with Crippen molar-refractivity contribution in [2.45, 2.75) is 31.7 Å². The number of hydrogen-bond donors (Lipinski definition) is 0. The van der Waals surface area contributed by atoms with Gasteiger partial charge in [0.25, 0.3) is 0 Å². The number of benzene rings is 1. The van der Waals surface area contributed by atoms with Crippen LogP contribution < -0.4 is 0 Å². The molecule has 0 bridgehead atoms. The van der Waals surface area contributed by atoms with Crippen LogP contribution in [0.15, 0.2) is 41.0 Å². The molecule has 0 aromatic heterocycles. The van der Waals surface area contributed by atoms with Gasteiger partial charge in [-0.25, -0.2) is 0 Å². The number of allylic oxidation sites excluding steroid dienone is 1. The molecule has 0 aliphatic carbocycles. The number of ketones is 1. The number of halogens is 1. The molecule has 4 heteroatoms. The van der Waals surface area contributed by atoms with Gasteiger partial charge in [-0.1, -0.05) is 15.9 Å². The minimum atomic E-state index is 0.0827. The zero-order valence-corrected chi connectivity index (χ0v) is 14.5. The number of carbonyl (C=O) groups excluding carboxylic acids is 1. The monoisotopic (exact) mass is 362 g/mol. The van der Waals surface area contributed by atoms with Crippen molar-refractivity contribution in [2.75, 3.05) is 26.2 Å². The maximum Gasteiger partial charge on any atom is 0.187 e. The van der Waals surface area contributed by atoms with Crippen molar-refractivity contribution in [3.8, 4) is 0 Å². The van der Waals surface area contributed by atoms with Crippen LogP contribution >= 0.6 is 15.9 Å². The number of rotatable bonds is 5. The standard InChI is InChI=1S/C18H23BrN2O/c19-16-7-5-15(6-8-16)18(22)9-13-21-12-3-4-17(21)14-20-10-1-2-11-20/h5-9,13,17H,1-4,10-12,14H2/t17-/m0/s1. The maximum atomic E-state index is 12.2. The topological polar surface area (TPSA) is 23.6 Å². The first-order chi connectivity index (χ1) is 10.7. The fraction of sp³-hybridized carbons (Fsp3) is 0.500. The summed E-state index contributed by atoms with van der Waals surface area (Å²) in [5, 5.41) is 0. The lowest BCUT2D eigenvalue weighted by Gasteiger charge is -2.27. The molecule has 2 saturated heterocycles. The van der Waals surface area contributed by atoms with Gasteiger partial charge < -0.3 is 9.80 Å². The van der Waals surface area contributed by atoms with E-state index in [1.54, 1.807) is 6.08 Å². The van der Waals surface area contributed by atoms with Gasteiger partial charge in [0.05, 0.1) is 0 Å². The van der Waals surface area contributed by atoms with Gasteiger partial charge in [-0.3, -0.25) is 4.79 Å². The van der Waals surface area contributed by atoms with Crippen molar-refractivity contribution in [3.63, 3.8) is 0 Å². The van der Waals surface area contributed by atoms with E-state index in [9.17, 15) is 4.79 Å². The van der Waals surface area contributed by atoms with Crippen LogP contribution in [-0.4, -0.2) is 47.8 Å². The van der Waals surface area contributed by atoms with Crippen molar-refractivity contribution in [1.82, 2.24) is 9.80 Å². The third kappa shape index (κ3) is 3.99. The highest BCUT2D eigenvalue weighted by Crippen LogP contribution is 2.21. The molecule has 3 nitrogen and oxygen atoms in total. The summed E-state index contributed by atoms with van der Waals surface area (Å²) in [5.74, 6) is 0.0827. The molecule has 118 valence electrons. The van der Waals surface area contributed by atoms with Crippen molar-refractivity contribution < 1.29 is 4.79 Å². The van der Waals surface area contributed by atoms with Crippen LogP contribution in [0.4, 0.5) is 0 Å². The zero-order chi connectivity index (χ0) is 15.4. The molecule has 1 aromatic rings. The van der Waals surface area contributed by atoms with Crippen LogP contribution in [0, 0.1) is 0 Å². The first-order valence-corrected chi connectivity index (χ1v) is 8.98. The first-order valence-electron chi connectivity index (χ1n) is 8.18. The lowest BCUT2D eigenvalue weighted by atomic mass is 10.1. The average Bonchev–Trinajstić information content (AvgIpc) is 3.18. The molecule has 0 saturated carbocycles. The largest absolute Gasteiger partial charge is 0.373 e. The van der Waals surface area contributed by atoms with Crippen LogP contribution in [-0.2, 0) is 0 Å². The van der Waals surface area contributed by atoms with E-state index in [-0.39, 0.29) is 5.78 Å². The molecule has 0 amide bonds. The molecule has 22 heavy (non-hydrogen) atoms. The highest BCUT2D eigenvalue weighted by atomic mass is 79.9. The first kappa shape index (κ1) is 15.8. The molecule has 0 unspecified atom stereocenters. The van der Waals surface area contributed by atoms with Gasteiger partial charge in [-0.15, -0.1) is 0 Å². The molecule has 0 radical (unpaired) electrons. The predicted octanol–water partition coefficient (Wildman–Crippen LogP) is 3.71. The quantitative estimate of drug-likeness (QED) is 0.589. The summed E-state index contributed by atoms with van der Waals surface area (Å²) in [7, 11) is 0. The number of carbonyl (C=O) groups is 1. The maximum absolute atomic E-state index is 12.2. The Kier molecular flexibility index (Phi) is 5.32. The van der Waals surface area contributed by atoms with Gasteiger partial charge in [-0.2, -0.15) is 0 Å². The van der Waals surface area contributed by atoms with E-state index in [0.29, 0.717) is 6.04 Å². The summed E-state index contributed by atoms with van der Waals surface area (Å²) >= 11 is 3.39.